The van der Waals surface area contributed by atoms with Gasteiger partial charge in [0.2, 0.25) is 5.91 Å². The lowest BCUT2D eigenvalue weighted by Gasteiger charge is -2.32. The molecule has 0 fully saturated rings. The maximum absolute atomic E-state index is 13.6. The first-order chi connectivity index (χ1) is 16.9. The fourth-order valence-corrected chi connectivity index (χ4v) is 3.87. The van der Waals surface area contributed by atoms with Crippen LogP contribution in [0, 0.1) is 6.92 Å². The Morgan fingerprint density at radius 2 is 1.49 bits per heavy atom. The van der Waals surface area contributed by atoms with Gasteiger partial charge in [-0.3, -0.25) is 9.59 Å². The summed E-state index contributed by atoms with van der Waals surface area (Å²) in [6, 6.07) is 24.9. The molecule has 35 heavy (non-hydrogen) atoms. The number of ether oxygens (including phenoxy) is 1. The van der Waals surface area contributed by atoms with Gasteiger partial charge in [0.1, 0.15) is 11.8 Å². The van der Waals surface area contributed by atoms with E-state index in [9.17, 15) is 9.59 Å². The van der Waals surface area contributed by atoms with Crippen molar-refractivity contribution in [1.82, 2.24) is 10.2 Å². The zero-order valence-corrected chi connectivity index (χ0v) is 21.2. The first-order valence-electron chi connectivity index (χ1n) is 12.3. The molecule has 184 valence electrons. The van der Waals surface area contributed by atoms with Gasteiger partial charge in [-0.1, -0.05) is 79.2 Å². The van der Waals surface area contributed by atoms with Gasteiger partial charge in [0, 0.05) is 19.0 Å². The van der Waals surface area contributed by atoms with Crippen molar-refractivity contribution < 1.29 is 14.3 Å². The molecule has 3 rings (SSSR count). The molecule has 0 aliphatic carbocycles. The summed E-state index contributed by atoms with van der Waals surface area (Å²) < 4.78 is 5.84. The van der Waals surface area contributed by atoms with Crippen molar-refractivity contribution in [3.63, 3.8) is 0 Å². The molecule has 5 heteroatoms. The van der Waals surface area contributed by atoms with Crippen molar-refractivity contribution in [3.05, 3.63) is 101 Å². The van der Waals surface area contributed by atoms with E-state index in [1.54, 1.807) is 4.90 Å². The van der Waals surface area contributed by atoms with Crippen molar-refractivity contribution in [2.75, 3.05) is 6.61 Å². The van der Waals surface area contributed by atoms with Crippen LogP contribution >= 0.6 is 0 Å². The molecular formula is C30H36N2O3. The van der Waals surface area contributed by atoms with Gasteiger partial charge in [0.25, 0.3) is 5.91 Å². The highest BCUT2D eigenvalue weighted by molar-refractivity contribution is 5.88. The number of carbonyl (C=O) groups excluding carboxylic acids is 2. The van der Waals surface area contributed by atoms with E-state index < -0.39 is 6.04 Å². The Balaban J connectivity index is 1.87. The molecule has 0 saturated carbocycles. The summed E-state index contributed by atoms with van der Waals surface area (Å²) in [6.45, 7) is 8.15. The second-order valence-corrected chi connectivity index (χ2v) is 9.16. The van der Waals surface area contributed by atoms with Gasteiger partial charge in [0.05, 0.1) is 0 Å². The molecule has 5 nitrogen and oxygen atoms in total. The SMILES string of the molecule is CCc1ccc(OCC(=O)N(Cc2ccc(C)cc2)C(Cc2ccccc2)C(=O)NC(C)C)cc1. The van der Waals surface area contributed by atoms with Gasteiger partial charge in [-0.15, -0.1) is 0 Å². The number of aryl methyl sites for hydroxylation is 2. The van der Waals surface area contributed by atoms with Crippen LogP contribution in [-0.2, 0) is 29.0 Å². The van der Waals surface area contributed by atoms with Crippen LogP contribution in [0.25, 0.3) is 0 Å². The van der Waals surface area contributed by atoms with Gasteiger partial charge in [0.15, 0.2) is 6.61 Å². The van der Waals surface area contributed by atoms with Crippen molar-refractivity contribution in [2.24, 2.45) is 0 Å². The van der Waals surface area contributed by atoms with E-state index in [0.29, 0.717) is 18.7 Å². The van der Waals surface area contributed by atoms with Gasteiger partial charge < -0.3 is 15.0 Å². The van der Waals surface area contributed by atoms with E-state index in [0.717, 1.165) is 23.1 Å². The number of nitrogens with one attached hydrogen (secondary N) is 1. The number of hydrogen-bond acceptors (Lipinski definition) is 3. The van der Waals surface area contributed by atoms with Crippen molar-refractivity contribution in [2.45, 2.75) is 59.2 Å². The summed E-state index contributed by atoms with van der Waals surface area (Å²) in [7, 11) is 0. The molecule has 1 unspecified atom stereocenters. The summed E-state index contributed by atoms with van der Waals surface area (Å²) in [5.74, 6) is 0.235. The van der Waals surface area contributed by atoms with Crippen LogP contribution in [0.5, 0.6) is 5.75 Å². The standard InChI is InChI=1S/C30H36N2O3/c1-5-24-15-17-27(18-16-24)35-21-29(33)32(20-26-13-11-23(4)12-14-26)28(30(34)31-22(2)3)19-25-9-7-6-8-10-25/h6-18,22,28H,5,19-21H2,1-4H3,(H,31,34). The average Bonchev–Trinajstić information content (AvgIpc) is 2.86. The highest BCUT2D eigenvalue weighted by Crippen LogP contribution is 2.17. The third kappa shape index (κ3) is 7.99. The van der Waals surface area contributed by atoms with E-state index >= 15 is 0 Å². The predicted octanol–water partition coefficient (Wildman–Crippen LogP) is 5.10. The Kier molecular flexibility index (Phi) is 9.47. The number of amides is 2. The summed E-state index contributed by atoms with van der Waals surface area (Å²) in [5.41, 5.74) is 4.31. The minimum atomic E-state index is -0.667. The fraction of sp³-hybridized carbons (Fsp3) is 0.333. The molecule has 0 aliphatic heterocycles. The predicted molar refractivity (Wildman–Crippen MR) is 140 cm³/mol. The number of rotatable bonds is 11. The van der Waals surface area contributed by atoms with Crippen molar-refractivity contribution in [1.29, 1.82) is 0 Å². The van der Waals surface area contributed by atoms with Gasteiger partial charge in [-0.25, -0.2) is 0 Å². The highest BCUT2D eigenvalue weighted by Gasteiger charge is 2.31. The van der Waals surface area contributed by atoms with E-state index in [4.69, 9.17) is 4.74 Å². The zero-order chi connectivity index (χ0) is 25.2. The quantitative estimate of drug-likeness (QED) is 0.422. The molecule has 0 spiro atoms. The Morgan fingerprint density at radius 3 is 2.09 bits per heavy atom. The molecule has 2 amide bonds. The van der Waals surface area contributed by atoms with E-state index in [1.807, 2.05) is 99.6 Å². The van der Waals surface area contributed by atoms with E-state index in [-0.39, 0.29) is 24.5 Å². The van der Waals surface area contributed by atoms with Gasteiger partial charge in [-0.05, 0) is 56.0 Å². The van der Waals surface area contributed by atoms with Crippen molar-refractivity contribution >= 4 is 11.8 Å². The first kappa shape index (κ1) is 26.0. The Bertz CT molecular complexity index is 1080. The zero-order valence-electron chi connectivity index (χ0n) is 21.2. The first-order valence-corrected chi connectivity index (χ1v) is 12.3. The minimum absolute atomic E-state index is 0.0366. The lowest BCUT2D eigenvalue weighted by Crippen LogP contribution is -2.52. The Labute approximate surface area is 209 Å². The third-order valence-corrected chi connectivity index (χ3v) is 5.87. The number of hydrogen-bond donors (Lipinski definition) is 1. The lowest BCUT2D eigenvalue weighted by atomic mass is 10.0. The Morgan fingerprint density at radius 1 is 0.857 bits per heavy atom. The van der Waals surface area contributed by atoms with E-state index in [1.165, 1.54) is 5.56 Å². The molecule has 0 aliphatic rings. The summed E-state index contributed by atoms with van der Waals surface area (Å²) in [6.07, 6.45) is 1.36. The molecule has 3 aromatic carbocycles. The molecule has 0 bridgehead atoms. The third-order valence-electron chi connectivity index (χ3n) is 5.87. The molecule has 0 saturated heterocycles. The maximum Gasteiger partial charge on any atom is 0.261 e. The second kappa shape index (κ2) is 12.7. The molecule has 0 aromatic heterocycles. The largest absolute Gasteiger partial charge is 0.484 e. The van der Waals surface area contributed by atoms with Gasteiger partial charge in [-0.2, -0.15) is 0 Å². The van der Waals surface area contributed by atoms with Crippen LogP contribution in [-0.4, -0.2) is 35.4 Å². The van der Waals surface area contributed by atoms with Crippen LogP contribution in [0.4, 0.5) is 0 Å². The maximum atomic E-state index is 13.6. The number of nitrogens with zero attached hydrogens (tertiary/aromatic N) is 1. The Hall–Kier alpha value is -3.60. The highest BCUT2D eigenvalue weighted by atomic mass is 16.5. The van der Waals surface area contributed by atoms with Crippen LogP contribution in [0.1, 0.15) is 43.0 Å². The smallest absolute Gasteiger partial charge is 0.261 e. The molecule has 1 N–H and O–H groups in total. The molecule has 0 radical (unpaired) electrons. The normalized spacial score (nSPS) is 11.7. The van der Waals surface area contributed by atoms with Crippen LogP contribution < -0.4 is 10.1 Å². The summed E-state index contributed by atoms with van der Waals surface area (Å²) in [4.78, 5) is 28.5. The van der Waals surface area contributed by atoms with Crippen LogP contribution in [0.2, 0.25) is 0 Å². The molecule has 0 heterocycles. The monoisotopic (exact) mass is 472 g/mol. The van der Waals surface area contributed by atoms with Crippen LogP contribution in [0.15, 0.2) is 78.9 Å². The van der Waals surface area contributed by atoms with Gasteiger partial charge >= 0.3 is 0 Å². The molecule has 3 aromatic rings. The second-order valence-electron chi connectivity index (χ2n) is 9.16. The number of benzene rings is 3. The van der Waals surface area contributed by atoms with Crippen LogP contribution in [0.3, 0.4) is 0 Å². The molecular weight excluding hydrogens is 436 g/mol. The molecule has 1 atom stereocenters. The fourth-order valence-electron chi connectivity index (χ4n) is 3.87. The summed E-state index contributed by atoms with van der Waals surface area (Å²) in [5, 5.41) is 3.01. The number of carbonyl (C=O) groups is 2. The summed E-state index contributed by atoms with van der Waals surface area (Å²) >= 11 is 0. The van der Waals surface area contributed by atoms with E-state index in [2.05, 4.69) is 12.2 Å². The minimum Gasteiger partial charge on any atom is -0.484 e. The van der Waals surface area contributed by atoms with Crippen molar-refractivity contribution in [3.8, 4) is 5.75 Å². The average molecular weight is 473 g/mol. The topological polar surface area (TPSA) is 58.6 Å². The lowest BCUT2D eigenvalue weighted by molar-refractivity contribution is -0.143.